The maximum Gasteiger partial charge on any atom is 0.271 e. The molecule has 0 saturated heterocycles. The van der Waals surface area contributed by atoms with Gasteiger partial charge in [0.25, 0.3) is 10.1 Å². The summed E-state index contributed by atoms with van der Waals surface area (Å²) in [5.41, 5.74) is 0. The first-order chi connectivity index (χ1) is 4.67. The number of nitrogens with zero attached hydrogens (tertiary/aromatic N) is 1. The van der Waals surface area contributed by atoms with E-state index in [1.165, 1.54) is 13.8 Å². The molecule has 1 N–H and O–H groups in total. The number of hydrogen-bond acceptors (Lipinski definition) is 3. The minimum Gasteiger partial charge on any atom is -0.285 e. The van der Waals surface area contributed by atoms with Crippen molar-refractivity contribution in [2.24, 2.45) is 0 Å². The predicted octanol–water partition coefficient (Wildman–Crippen LogP) is 1.46. The number of hydrogen-bond donors (Lipinski definition) is 1. The van der Waals surface area contributed by atoms with Crippen LogP contribution in [0.4, 0.5) is 0 Å². The summed E-state index contributed by atoms with van der Waals surface area (Å²) < 4.78 is 29.9. The fourth-order valence-electron chi connectivity index (χ4n) is 0.369. The third kappa shape index (κ3) is 3.88. The van der Waals surface area contributed by atoms with Gasteiger partial charge in [0.05, 0.1) is 0 Å². The highest BCUT2D eigenvalue weighted by Gasteiger charge is 2.33. The van der Waals surface area contributed by atoms with Crippen molar-refractivity contribution in [3.8, 4) is 0 Å². The lowest BCUT2D eigenvalue weighted by atomic mass is 10.2. The standard InChI is InChI=1S/C4H9ClINO3S/c1-4(2,3-7(5)6)11(8,9)10/h3H2,1-2H3,(H,8,9,10). The molecule has 0 aliphatic heterocycles. The van der Waals surface area contributed by atoms with Crippen LogP contribution in [0.5, 0.6) is 0 Å². The van der Waals surface area contributed by atoms with E-state index in [0.29, 0.717) is 0 Å². The average Bonchev–Trinajstić information content (AvgIpc) is 1.56. The van der Waals surface area contributed by atoms with E-state index in [4.69, 9.17) is 16.3 Å². The lowest BCUT2D eigenvalue weighted by Gasteiger charge is -2.21. The summed E-state index contributed by atoms with van der Waals surface area (Å²) in [6.45, 7) is 2.86. The fourth-order valence-corrected chi connectivity index (χ4v) is 2.12. The van der Waals surface area contributed by atoms with Gasteiger partial charge in [-0.1, -0.05) is 0 Å². The summed E-state index contributed by atoms with van der Waals surface area (Å²) in [4.78, 5) is 0. The lowest BCUT2D eigenvalue weighted by molar-refractivity contribution is 0.430. The van der Waals surface area contributed by atoms with E-state index < -0.39 is 14.9 Å². The molecule has 0 rings (SSSR count). The minimum absolute atomic E-state index is 0.0634. The van der Waals surface area contributed by atoms with Crippen LogP contribution in [0.3, 0.4) is 0 Å². The van der Waals surface area contributed by atoms with E-state index in [1.54, 1.807) is 22.9 Å². The molecule has 0 aromatic heterocycles. The van der Waals surface area contributed by atoms with Gasteiger partial charge in [-0.2, -0.15) is 11.1 Å². The third-order valence-electron chi connectivity index (χ3n) is 1.20. The predicted molar refractivity (Wildman–Crippen MR) is 52.2 cm³/mol. The van der Waals surface area contributed by atoms with Crippen molar-refractivity contribution >= 4 is 44.8 Å². The van der Waals surface area contributed by atoms with Gasteiger partial charge >= 0.3 is 0 Å². The highest BCUT2D eigenvalue weighted by molar-refractivity contribution is 14.1. The van der Waals surface area contributed by atoms with Gasteiger partial charge in [-0.15, -0.1) is 0 Å². The van der Waals surface area contributed by atoms with Crippen molar-refractivity contribution in [2.75, 3.05) is 6.54 Å². The van der Waals surface area contributed by atoms with Crippen molar-refractivity contribution in [3.63, 3.8) is 0 Å². The molecule has 0 aromatic carbocycles. The highest BCUT2D eigenvalue weighted by Crippen LogP contribution is 2.19. The van der Waals surface area contributed by atoms with E-state index in [2.05, 4.69) is 0 Å². The zero-order valence-corrected chi connectivity index (χ0v) is 9.81. The monoisotopic (exact) mass is 313 g/mol. The molecule has 0 aliphatic carbocycles. The summed E-state index contributed by atoms with van der Waals surface area (Å²) in [5, 5.41) is 0. The first-order valence-corrected chi connectivity index (χ1v) is 5.47. The normalized spacial score (nSPS) is 14.0. The van der Waals surface area contributed by atoms with Gasteiger partial charge in [0.2, 0.25) is 0 Å². The topological polar surface area (TPSA) is 57.6 Å². The summed E-state index contributed by atoms with van der Waals surface area (Å²) >= 11 is 7.14. The van der Waals surface area contributed by atoms with Crippen LogP contribution in [0.2, 0.25) is 0 Å². The Morgan fingerprint density at radius 1 is 1.64 bits per heavy atom. The Bertz CT molecular complexity index is 225. The number of halogens is 2. The Kier molecular flexibility index (Phi) is 4.04. The zero-order chi connectivity index (χ0) is 9.28. The van der Waals surface area contributed by atoms with Crippen molar-refractivity contribution in [2.45, 2.75) is 18.6 Å². The molecule has 0 radical (unpaired) electrons. The molecule has 0 amide bonds. The van der Waals surface area contributed by atoms with Crippen molar-refractivity contribution < 1.29 is 13.0 Å². The third-order valence-corrected chi connectivity index (χ3v) is 3.18. The van der Waals surface area contributed by atoms with Crippen LogP contribution >= 0.6 is 34.6 Å². The molecule has 68 valence electrons. The highest BCUT2D eigenvalue weighted by atomic mass is 127. The molecule has 0 atom stereocenters. The first kappa shape index (κ1) is 11.9. The molecule has 7 heteroatoms. The van der Waals surface area contributed by atoms with E-state index in [1.807, 2.05) is 0 Å². The summed E-state index contributed by atoms with van der Waals surface area (Å²) in [7, 11) is -4.03. The lowest BCUT2D eigenvalue weighted by Crippen LogP contribution is -2.38. The van der Waals surface area contributed by atoms with Crippen LogP contribution in [0.1, 0.15) is 13.8 Å². The van der Waals surface area contributed by atoms with Gasteiger partial charge in [-0.25, -0.2) is 0 Å². The van der Waals surface area contributed by atoms with Crippen LogP contribution in [0.25, 0.3) is 0 Å². The summed E-state index contributed by atoms with van der Waals surface area (Å²) in [6.07, 6.45) is 0. The molecule has 0 unspecified atom stereocenters. The second kappa shape index (κ2) is 3.73. The van der Waals surface area contributed by atoms with Crippen molar-refractivity contribution in [1.29, 1.82) is 0 Å². The smallest absolute Gasteiger partial charge is 0.271 e. The Morgan fingerprint density at radius 2 is 2.00 bits per heavy atom. The van der Waals surface area contributed by atoms with Crippen LogP contribution in [-0.2, 0) is 10.1 Å². The Morgan fingerprint density at radius 3 is 2.09 bits per heavy atom. The fraction of sp³-hybridized carbons (Fsp3) is 1.00. The van der Waals surface area contributed by atoms with E-state index in [0.717, 1.165) is 2.63 Å². The second-order valence-corrected chi connectivity index (χ2v) is 6.89. The van der Waals surface area contributed by atoms with Crippen LogP contribution in [0.15, 0.2) is 0 Å². The van der Waals surface area contributed by atoms with E-state index in [-0.39, 0.29) is 6.54 Å². The van der Waals surface area contributed by atoms with Gasteiger partial charge in [-0.3, -0.25) is 4.55 Å². The van der Waals surface area contributed by atoms with Gasteiger partial charge in [0.15, 0.2) is 0 Å². The van der Waals surface area contributed by atoms with Crippen LogP contribution in [-0.4, -0.2) is 26.9 Å². The molecule has 0 aliphatic rings. The molecule has 4 nitrogen and oxygen atoms in total. The SMILES string of the molecule is CC(C)(CN(Cl)I)S(=O)(=O)O. The van der Waals surface area contributed by atoms with Gasteiger partial charge < -0.3 is 0 Å². The maximum absolute atomic E-state index is 10.7. The molecular weight excluding hydrogens is 304 g/mol. The Labute approximate surface area is 85.3 Å². The summed E-state index contributed by atoms with van der Waals surface area (Å²) in [6, 6.07) is 0. The molecule has 0 bridgehead atoms. The molecular formula is C4H9ClINO3S. The van der Waals surface area contributed by atoms with Crippen molar-refractivity contribution in [3.05, 3.63) is 0 Å². The quantitative estimate of drug-likeness (QED) is 0.487. The molecule has 0 heterocycles. The van der Waals surface area contributed by atoms with Crippen molar-refractivity contribution in [1.82, 2.24) is 2.63 Å². The van der Waals surface area contributed by atoms with Gasteiger partial charge in [0.1, 0.15) is 4.75 Å². The minimum atomic E-state index is -4.03. The van der Waals surface area contributed by atoms with E-state index >= 15 is 0 Å². The maximum atomic E-state index is 10.7. The average molecular weight is 314 g/mol. The van der Waals surface area contributed by atoms with Crippen LogP contribution < -0.4 is 0 Å². The van der Waals surface area contributed by atoms with Crippen LogP contribution in [0, 0.1) is 0 Å². The van der Waals surface area contributed by atoms with E-state index in [9.17, 15) is 8.42 Å². The summed E-state index contributed by atoms with van der Waals surface area (Å²) in [5.74, 6) is 0. The Balaban J connectivity index is 4.49. The first-order valence-electron chi connectivity index (χ1n) is 2.73. The molecule has 0 fully saturated rings. The molecule has 0 saturated carbocycles. The largest absolute Gasteiger partial charge is 0.285 e. The molecule has 11 heavy (non-hydrogen) atoms. The van der Waals surface area contributed by atoms with Gasteiger partial charge in [-0.05, 0) is 25.6 Å². The van der Waals surface area contributed by atoms with Gasteiger partial charge in [0, 0.05) is 29.4 Å². The Hall–Kier alpha value is 0.890. The second-order valence-electron chi connectivity index (χ2n) is 2.70. The molecule has 0 aromatic rings. The number of rotatable bonds is 3. The zero-order valence-electron chi connectivity index (χ0n) is 6.08. The molecule has 0 spiro atoms.